The monoisotopic (exact) mass is 392 g/mol. The molecule has 0 unspecified atom stereocenters. The van der Waals surface area contributed by atoms with Crippen molar-refractivity contribution in [2.24, 2.45) is 0 Å². The maximum Gasteiger partial charge on any atom is 0.305 e. The highest BCUT2D eigenvalue weighted by molar-refractivity contribution is 14.1. The van der Waals surface area contributed by atoms with Crippen LogP contribution in [0.3, 0.4) is 0 Å². The topological polar surface area (TPSA) is 101 Å². The van der Waals surface area contributed by atoms with Crippen LogP contribution in [0.1, 0.15) is 23.7 Å². The predicted molar refractivity (Wildman–Crippen MR) is 79.6 cm³/mol. The Morgan fingerprint density at radius 1 is 1.45 bits per heavy atom. The third-order valence-corrected chi connectivity index (χ3v) is 3.60. The number of hydrogen-bond acceptors (Lipinski definition) is 4. The van der Waals surface area contributed by atoms with Crippen molar-refractivity contribution >= 4 is 40.2 Å². The summed E-state index contributed by atoms with van der Waals surface area (Å²) in [6.07, 6.45) is -0.162. The number of halogens is 1. The molecule has 7 nitrogen and oxygen atoms in total. The zero-order valence-electron chi connectivity index (χ0n) is 10.7. The van der Waals surface area contributed by atoms with Gasteiger partial charge in [-0.1, -0.05) is 0 Å². The Bertz CT molecular complexity index is 547. The molecule has 1 N–H and O–H groups in total. The number of aliphatic carboxylic acids is 1. The number of rotatable bonds is 6. The second kappa shape index (κ2) is 7.17. The van der Waals surface area contributed by atoms with Gasteiger partial charge in [0, 0.05) is 28.8 Å². The van der Waals surface area contributed by atoms with Gasteiger partial charge in [0.1, 0.15) is 0 Å². The fourth-order valence-electron chi connectivity index (χ4n) is 1.59. The van der Waals surface area contributed by atoms with Gasteiger partial charge in [-0.25, -0.2) is 0 Å². The number of carboxylic acids is 1. The third-order valence-electron chi connectivity index (χ3n) is 2.66. The molecule has 1 aromatic rings. The Hall–Kier alpha value is -1.71. The average Bonchev–Trinajstić information content (AvgIpc) is 2.39. The largest absolute Gasteiger partial charge is 0.481 e. The first-order valence-electron chi connectivity index (χ1n) is 5.81. The molecule has 8 heteroatoms. The van der Waals surface area contributed by atoms with Gasteiger partial charge in [-0.3, -0.25) is 19.7 Å². The van der Waals surface area contributed by atoms with Crippen LogP contribution in [0.25, 0.3) is 0 Å². The molecule has 108 valence electrons. The molecule has 1 amide bonds. The van der Waals surface area contributed by atoms with E-state index in [4.69, 9.17) is 5.11 Å². The SMILES string of the molecule is CCN(CCC(=O)O)C(=O)c1cc([N+](=O)[O-])ccc1I. The summed E-state index contributed by atoms with van der Waals surface area (Å²) in [7, 11) is 0. The molecule has 0 bridgehead atoms. The average molecular weight is 392 g/mol. The van der Waals surface area contributed by atoms with E-state index < -0.39 is 16.8 Å². The van der Waals surface area contributed by atoms with E-state index in [0.29, 0.717) is 10.1 Å². The highest BCUT2D eigenvalue weighted by atomic mass is 127. The van der Waals surface area contributed by atoms with Gasteiger partial charge in [0.25, 0.3) is 11.6 Å². The highest BCUT2D eigenvalue weighted by Gasteiger charge is 2.20. The molecule has 0 atom stereocenters. The molecule has 0 aliphatic rings. The van der Waals surface area contributed by atoms with Gasteiger partial charge in [-0.15, -0.1) is 0 Å². The lowest BCUT2D eigenvalue weighted by Crippen LogP contribution is -2.33. The lowest BCUT2D eigenvalue weighted by atomic mass is 10.1. The Kier molecular flexibility index (Phi) is 5.86. The molecule has 0 spiro atoms. The lowest BCUT2D eigenvalue weighted by Gasteiger charge is -2.20. The van der Waals surface area contributed by atoms with Crippen LogP contribution in [-0.4, -0.2) is 39.9 Å². The van der Waals surface area contributed by atoms with Crippen LogP contribution < -0.4 is 0 Å². The standard InChI is InChI=1S/C12H13IN2O5/c1-2-14(6-5-11(16)17)12(18)9-7-8(15(19)20)3-4-10(9)13/h3-4,7H,2,5-6H2,1H3,(H,16,17). The first-order valence-corrected chi connectivity index (χ1v) is 6.89. The van der Waals surface area contributed by atoms with Gasteiger partial charge >= 0.3 is 5.97 Å². The number of carboxylic acid groups (broad SMARTS) is 1. The maximum atomic E-state index is 12.3. The number of nitro groups is 1. The van der Waals surface area contributed by atoms with E-state index >= 15 is 0 Å². The van der Waals surface area contributed by atoms with Crippen LogP contribution in [0.2, 0.25) is 0 Å². The van der Waals surface area contributed by atoms with Crippen molar-refractivity contribution < 1.29 is 19.6 Å². The molecule has 1 rings (SSSR count). The number of carbonyl (C=O) groups excluding carboxylic acids is 1. The van der Waals surface area contributed by atoms with Crippen molar-refractivity contribution in [2.75, 3.05) is 13.1 Å². The second-order valence-electron chi connectivity index (χ2n) is 3.95. The normalized spacial score (nSPS) is 10.1. The summed E-state index contributed by atoms with van der Waals surface area (Å²) in [4.78, 5) is 34.4. The van der Waals surface area contributed by atoms with Crippen LogP contribution in [-0.2, 0) is 4.79 Å². The Balaban J connectivity index is 3.02. The van der Waals surface area contributed by atoms with E-state index in [2.05, 4.69) is 0 Å². The van der Waals surface area contributed by atoms with Crippen molar-refractivity contribution in [3.63, 3.8) is 0 Å². The summed E-state index contributed by atoms with van der Waals surface area (Å²) < 4.78 is 0.590. The zero-order valence-corrected chi connectivity index (χ0v) is 12.9. The molecule has 0 saturated heterocycles. The fourth-order valence-corrected chi connectivity index (χ4v) is 2.16. The van der Waals surface area contributed by atoms with Crippen LogP contribution in [0.15, 0.2) is 18.2 Å². The molecular weight excluding hydrogens is 379 g/mol. The van der Waals surface area contributed by atoms with Crippen LogP contribution in [0.4, 0.5) is 5.69 Å². The van der Waals surface area contributed by atoms with Crippen LogP contribution >= 0.6 is 22.6 Å². The summed E-state index contributed by atoms with van der Waals surface area (Å²) in [6, 6.07) is 4.04. The Morgan fingerprint density at radius 2 is 2.10 bits per heavy atom. The van der Waals surface area contributed by atoms with Crippen molar-refractivity contribution in [3.8, 4) is 0 Å². The van der Waals surface area contributed by atoms with Gasteiger partial charge in [0.15, 0.2) is 0 Å². The number of nitro benzene ring substituents is 1. The summed E-state index contributed by atoms with van der Waals surface area (Å²) >= 11 is 1.92. The summed E-state index contributed by atoms with van der Waals surface area (Å²) in [5.41, 5.74) is 0.0510. The minimum absolute atomic E-state index is 0.0729. The molecular formula is C12H13IN2O5. The first kappa shape index (κ1) is 16.3. The number of non-ortho nitro benzene ring substituents is 1. The second-order valence-corrected chi connectivity index (χ2v) is 5.11. The minimum Gasteiger partial charge on any atom is -0.481 e. The lowest BCUT2D eigenvalue weighted by molar-refractivity contribution is -0.384. The van der Waals surface area contributed by atoms with Crippen molar-refractivity contribution in [1.29, 1.82) is 0 Å². The Morgan fingerprint density at radius 3 is 2.60 bits per heavy atom. The Labute approximate surface area is 128 Å². The predicted octanol–water partition coefficient (Wildman–Crippen LogP) is 2.14. The molecule has 1 aromatic carbocycles. The molecule has 20 heavy (non-hydrogen) atoms. The van der Waals surface area contributed by atoms with E-state index in [1.54, 1.807) is 6.92 Å². The number of carbonyl (C=O) groups is 2. The minimum atomic E-state index is -0.995. The quantitative estimate of drug-likeness (QED) is 0.454. The molecule has 0 fully saturated rings. The smallest absolute Gasteiger partial charge is 0.305 e. The van der Waals surface area contributed by atoms with E-state index in [1.807, 2.05) is 22.6 Å². The number of benzene rings is 1. The molecule has 0 heterocycles. The van der Waals surface area contributed by atoms with Gasteiger partial charge < -0.3 is 10.0 Å². The van der Waals surface area contributed by atoms with E-state index in [0.717, 1.165) is 0 Å². The fraction of sp³-hybridized carbons (Fsp3) is 0.333. The number of nitrogens with zero attached hydrogens (tertiary/aromatic N) is 2. The zero-order chi connectivity index (χ0) is 15.3. The van der Waals surface area contributed by atoms with Crippen LogP contribution in [0.5, 0.6) is 0 Å². The van der Waals surface area contributed by atoms with E-state index in [-0.39, 0.29) is 24.2 Å². The molecule has 0 aliphatic heterocycles. The van der Waals surface area contributed by atoms with Crippen LogP contribution in [0, 0.1) is 13.7 Å². The van der Waals surface area contributed by atoms with Crippen molar-refractivity contribution in [1.82, 2.24) is 4.90 Å². The highest BCUT2D eigenvalue weighted by Crippen LogP contribution is 2.21. The molecule has 0 aromatic heterocycles. The summed E-state index contributed by atoms with van der Waals surface area (Å²) in [5.74, 6) is -1.40. The van der Waals surface area contributed by atoms with Gasteiger partial charge in [-0.2, -0.15) is 0 Å². The summed E-state index contributed by atoms with van der Waals surface area (Å²) in [6.45, 7) is 2.14. The van der Waals surface area contributed by atoms with Crippen molar-refractivity contribution in [3.05, 3.63) is 37.4 Å². The van der Waals surface area contributed by atoms with Gasteiger partial charge in [-0.05, 0) is 35.6 Å². The molecule has 0 saturated carbocycles. The molecule has 0 aliphatic carbocycles. The van der Waals surface area contributed by atoms with E-state index in [9.17, 15) is 19.7 Å². The third kappa shape index (κ3) is 4.15. The number of amides is 1. The van der Waals surface area contributed by atoms with Gasteiger partial charge in [0.2, 0.25) is 0 Å². The number of hydrogen-bond donors (Lipinski definition) is 1. The maximum absolute atomic E-state index is 12.3. The first-order chi connectivity index (χ1) is 9.36. The van der Waals surface area contributed by atoms with Gasteiger partial charge in [0.05, 0.1) is 16.9 Å². The van der Waals surface area contributed by atoms with Crippen molar-refractivity contribution in [2.45, 2.75) is 13.3 Å². The summed E-state index contributed by atoms with van der Waals surface area (Å²) in [5, 5.41) is 19.4. The molecule has 0 radical (unpaired) electrons. The van der Waals surface area contributed by atoms with E-state index in [1.165, 1.54) is 23.1 Å².